The summed E-state index contributed by atoms with van der Waals surface area (Å²) in [5.41, 5.74) is 1.37. The van der Waals surface area contributed by atoms with Crippen molar-refractivity contribution in [1.29, 1.82) is 0 Å². The molecule has 1 aromatic rings. The lowest BCUT2D eigenvalue weighted by Crippen LogP contribution is -2.48. The molecule has 0 bridgehead atoms. The number of rotatable bonds is 7. The smallest absolute Gasteiger partial charge is 0.119 e. The Hall–Kier alpha value is -0.710. The van der Waals surface area contributed by atoms with Gasteiger partial charge >= 0.3 is 0 Å². The van der Waals surface area contributed by atoms with E-state index in [2.05, 4.69) is 36.7 Å². The van der Waals surface area contributed by atoms with Crippen LogP contribution in [-0.4, -0.2) is 42.4 Å². The van der Waals surface area contributed by atoms with Crippen molar-refractivity contribution in [3.05, 3.63) is 29.8 Å². The fourth-order valence-corrected chi connectivity index (χ4v) is 3.47. The molecular formula is C16H25NO2S. The third-order valence-corrected chi connectivity index (χ3v) is 5.41. The van der Waals surface area contributed by atoms with Gasteiger partial charge in [0.25, 0.3) is 0 Å². The van der Waals surface area contributed by atoms with Crippen molar-refractivity contribution in [2.75, 3.05) is 20.0 Å². The van der Waals surface area contributed by atoms with E-state index in [9.17, 15) is 5.11 Å². The Morgan fingerprint density at radius 1 is 1.45 bits per heavy atom. The van der Waals surface area contributed by atoms with Crippen LogP contribution in [0.5, 0.6) is 5.75 Å². The average Bonchev–Trinajstić information content (AvgIpc) is 2.43. The molecule has 0 spiro atoms. The molecular weight excluding hydrogens is 270 g/mol. The molecule has 2 N–H and O–H groups in total. The van der Waals surface area contributed by atoms with Crippen LogP contribution in [0.1, 0.15) is 31.2 Å². The second-order valence-electron chi connectivity index (χ2n) is 5.55. The largest absolute Gasteiger partial charge is 0.497 e. The van der Waals surface area contributed by atoms with Crippen LogP contribution in [0.25, 0.3) is 0 Å². The first-order valence-electron chi connectivity index (χ1n) is 7.21. The van der Waals surface area contributed by atoms with Gasteiger partial charge in [-0.1, -0.05) is 12.1 Å². The number of methoxy groups -OCH3 is 1. The Morgan fingerprint density at radius 3 is 2.80 bits per heavy atom. The van der Waals surface area contributed by atoms with Gasteiger partial charge in [0.15, 0.2) is 0 Å². The van der Waals surface area contributed by atoms with Crippen LogP contribution in [-0.2, 0) is 0 Å². The first kappa shape index (κ1) is 15.7. The van der Waals surface area contributed by atoms with Crippen LogP contribution < -0.4 is 10.1 Å². The molecule has 0 aromatic heterocycles. The summed E-state index contributed by atoms with van der Waals surface area (Å²) in [6, 6.07) is 9.30. The SMILES string of the molecule is COc1cccc(C2CC(NC(C)C(CO)SC)C2)c1. The van der Waals surface area contributed by atoms with Crippen molar-refractivity contribution >= 4 is 11.8 Å². The fraction of sp³-hybridized carbons (Fsp3) is 0.625. The number of ether oxygens (including phenoxy) is 1. The zero-order valence-corrected chi connectivity index (χ0v) is 13.3. The van der Waals surface area contributed by atoms with E-state index in [4.69, 9.17) is 4.74 Å². The number of aliphatic hydroxyl groups excluding tert-OH is 1. The van der Waals surface area contributed by atoms with Crippen molar-refractivity contribution in [3.63, 3.8) is 0 Å². The number of nitrogens with one attached hydrogen (secondary N) is 1. The molecule has 1 fully saturated rings. The van der Waals surface area contributed by atoms with Gasteiger partial charge in [-0.15, -0.1) is 0 Å². The van der Waals surface area contributed by atoms with Crippen molar-refractivity contribution in [1.82, 2.24) is 5.32 Å². The molecule has 1 aliphatic rings. The molecule has 0 radical (unpaired) electrons. The lowest BCUT2D eigenvalue weighted by atomic mass is 9.75. The number of thioether (sulfide) groups is 1. The molecule has 2 unspecified atom stereocenters. The third-order valence-electron chi connectivity index (χ3n) is 4.24. The van der Waals surface area contributed by atoms with Crippen LogP contribution in [0.3, 0.4) is 0 Å². The molecule has 1 saturated carbocycles. The van der Waals surface area contributed by atoms with Gasteiger partial charge in [0.1, 0.15) is 5.75 Å². The van der Waals surface area contributed by atoms with Gasteiger partial charge in [0.05, 0.1) is 13.7 Å². The lowest BCUT2D eigenvalue weighted by molar-refractivity contribution is 0.235. The number of benzene rings is 1. The second-order valence-corrected chi connectivity index (χ2v) is 6.63. The summed E-state index contributed by atoms with van der Waals surface area (Å²) in [5.74, 6) is 1.58. The Kier molecular flexibility index (Phi) is 5.75. The minimum atomic E-state index is 0.237. The van der Waals surface area contributed by atoms with Crippen LogP contribution in [0, 0.1) is 0 Å². The first-order valence-corrected chi connectivity index (χ1v) is 8.50. The van der Waals surface area contributed by atoms with Crippen LogP contribution >= 0.6 is 11.8 Å². The van der Waals surface area contributed by atoms with Crippen LogP contribution in [0.15, 0.2) is 24.3 Å². The Bertz CT molecular complexity index is 417. The maximum Gasteiger partial charge on any atom is 0.119 e. The summed E-state index contributed by atoms with van der Waals surface area (Å²) < 4.78 is 5.28. The van der Waals surface area contributed by atoms with E-state index >= 15 is 0 Å². The summed E-state index contributed by atoms with van der Waals surface area (Å²) >= 11 is 1.73. The Labute approximate surface area is 126 Å². The van der Waals surface area contributed by atoms with Gasteiger partial charge in [-0.2, -0.15) is 11.8 Å². The van der Waals surface area contributed by atoms with E-state index in [1.165, 1.54) is 18.4 Å². The zero-order valence-electron chi connectivity index (χ0n) is 12.5. The summed E-state index contributed by atoms with van der Waals surface area (Å²) in [6.45, 7) is 2.40. The van der Waals surface area contributed by atoms with E-state index in [-0.39, 0.29) is 11.9 Å². The molecule has 2 atom stereocenters. The normalized spacial score (nSPS) is 24.8. The van der Waals surface area contributed by atoms with E-state index in [0.29, 0.717) is 18.0 Å². The Morgan fingerprint density at radius 2 is 2.20 bits per heavy atom. The summed E-state index contributed by atoms with van der Waals surface area (Å²) in [6.07, 6.45) is 4.40. The molecule has 0 aliphatic heterocycles. The van der Waals surface area contributed by atoms with Gasteiger partial charge in [-0.05, 0) is 49.6 Å². The summed E-state index contributed by atoms with van der Waals surface area (Å²) in [5, 5.41) is 13.2. The van der Waals surface area contributed by atoms with Crippen LogP contribution in [0.2, 0.25) is 0 Å². The van der Waals surface area contributed by atoms with Gasteiger partial charge < -0.3 is 15.2 Å². The second kappa shape index (κ2) is 7.34. The molecule has 20 heavy (non-hydrogen) atoms. The molecule has 1 aliphatic carbocycles. The predicted octanol–water partition coefficient (Wildman–Crippen LogP) is 2.64. The minimum absolute atomic E-state index is 0.237. The lowest BCUT2D eigenvalue weighted by Gasteiger charge is -2.39. The molecule has 2 rings (SSSR count). The predicted molar refractivity (Wildman–Crippen MR) is 85.7 cm³/mol. The molecule has 3 nitrogen and oxygen atoms in total. The highest BCUT2D eigenvalue weighted by molar-refractivity contribution is 7.99. The quantitative estimate of drug-likeness (QED) is 0.811. The topological polar surface area (TPSA) is 41.5 Å². The third kappa shape index (κ3) is 3.68. The average molecular weight is 295 g/mol. The molecule has 1 aromatic carbocycles. The standard InChI is InChI=1S/C16H25NO2S/c1-11(16(10-18)20-3)17-14-7-13(8-14)12-5-4-6-15(9-12)19-2/h4-6,9,11,13-14,16-18H,7-8,10H2,1-3H3. The maximum absolute atomic E-state index is 9.31. The van der Waals surface area contributed by atoms with E-state index in [0.717, 1.165) is 5.75 Å². The van der Waals surface area contributed by atoms with Gasteiger partial charge in [0, 0.05) is 17.3 Å². The monoisotopic (exact) mass is 295 g/mol. The highest BCUT2D eigenvalue weighted by Gasteiger charge is 2.32. The maximum atomic E-state index is 9.31. The summed E-state index contributed by atoms with van der Waals surface area (Å²) in [7, 11) is 1.71. The van der Waals surface area contributed by atoms with E-state index in [1.807, 2.05) is 6.07 Å². The first-order chi connectivity index (χ1) is 9.67. The van der Waals surface area contributed by atoms with Gasteiger partial charge in [-0.25, -0.2) is 0 Å². The highest BCUT2D eigenvalue weighted by atomic mass is 32.2. The van der Waals surface area contributed by atoms with Crippen molar-refractivity contribution < 1.29 is 9.84 Å². The number of aliphatic hydroxyl groups is 1. The van der Waals surface area contributed by atoms with Crippen molar-refractivity contribution in [2.45, 2.75) is 43.0 Å². The van der Waals surface area contributed by atoms with Gasteiger partial charge in [0.2, 0.25) is 0 Å². The van der Waals surface area contributed by atoms with Gasteiger partial charge in [-0.3, -0.25) is 0 Å². The minimum Gasteiger partial charge on any atom is -0.497 e. The number of hydrogen-bond acceptors (Lipinski definition) is 4. The molecule has 4 heteroatoms. The Balaban J connectivity index is 1.82. The van der Waals surface area contributed by atoms with Crippen molar-refractivity contribution in [2.24, 2.45) is 0 Å². The van der Waals surface area contributed by atoms with Crippen molar-refractivity contribution in [3.8, 4) is 5.75 Å². The molecule has 0 amide bonds. The number of hydrogen-bond donors (Lipinski definition) is 2. The highest BCUT2D eigenvalue weighted by Crippen LogP contribution is 2.38. The molecule has 112 valence electrons. The summed E-state index contributed by atoms with van der Waals surface area (Å²) in [4.78, 5) is 0. The molecule has 0 saturated heterocycles. The van der Waals surface area contributed by atoms with E-state index in [1.54, 1.807) is 18.9 Å². The van der Waals surface area contributed by atoms with E-state index < -0.39 is 0 Å². The molecule has 0 heterocycles. The van der Waals surface area contributed by atoms with Crippen LogP contribution in [0.4, 0.5) is 0 Å². The fourth-order valence-electron chi connectivity index (χ4n) is 2.84. The zero-order chi connectivity index (χ0) is 14.5.